The van der Waals surface area contributed by atoms with Gasteiger partial charge in [0.05, 0.1) is 12.2 Å². The zero-order chi connectivity index (χ0) is 32.2. The zero-order valence-electron chi connectivity index (χ0n) is 24.0. The second kappa shape index (κ2) is 13.7. The van der Waals surface area contributed by atoms with E-state index in [-0.39, 0.29) is 19.1 Å². The molecule has 3 N–H and O–H groups in total. The first kappa shape index (κ1) is 31.2. The van der Waals surface area contributed by atoms with Gasteiger partial charge in [0, 0.05) is 35.1 Å². The molecule has 1 fully saturated rings. The summed E-state index contributed by atoms with van der Waals surface area (Å²) in [5.74, 6) is 1.01. The van der Waals surface area contributed by atoms with Crippen molar-refractivity contribution in [2.45, 2.75) is 30.7 Å². The van der Waals surface area contributed by atoms with Crippen molar-refractivity contribution in [2.24, 2.45) is 0 Å². The van der Waals surface area contributed by atoms with Crippen LogP contribution in [-0.2, 0) is 23.7 Å². The molecule has 3 aromatic rings. The zero-order valence-corrected chi connectivity index (χ0v) is 25.6. The van der Waals surface area contributed by atoms with Crippen LogP contribution < -0.4 is 29.6 Å². The van der Waals surface area contributed by atoms with Crippen molar-refractivity contribution in [1.82, 2.24) is 0 Å². The van der Waals surface area contributed by atoms with Crippen molar-refractivity contribution >= 4 is 45.5 Å². The lowest BCUT2D eigenvalue weighted by molar-refractivity contribution is -0.290. The highest BCUT2D eigenvalue weighted by atomic mass is 79.9. The van der Waals surface area contributed by atoms with Gasteiger partial charge in [-0.3, -0.25) is 10.6 Å². The van der Waals surface area contributed by atoms with Gasteiger partial charge in [0.2, 0.25) is 13.6 Å². The van der Waals surface area contributed by atoms with Gasteiger partial charge in [-0.25, -0.2) is 14.4 Å². The highest BCUT2D eigenvalue weighted by Crippen LogP contribution is 2.36. The van der Waals surface area contributed by atoms with Crippen LogP contribution in [0.5, 0.6) is 23.0 Å². The summed E-state index contributed by atoms with van der Waals surface area (Å²) < 4.78 is 50.4. The Labute approximate surface area is 269 Å². The Hall–Kier alpha value is -4.77. The van der Waals surface area contributed by atoms with Crippen molar-refractivity contribution < 1.29 is 62.1 Å². The monoisotopic (exact) mass is 702 g/mol. The second-order valence-corrected chi connectivity index (χ2v) is 10.9. The first-order chi connectivity index (χ1) is 22.3. The summed E-state index contributed by atoms with van der Waals surface area (Å²) >= 11 is 3.31. The normalized spacial score (nSPS) is 22.5. The van der Waals surface area contributed by atoms with Gasteiger partial charge < -0.3 is 47.7 Å². The molecular weight excluding hydrogens is 676 g/mol. The number of ether oxygens (including phenoxy) is 9. The van der Waals surface area contributed by atoms with E-state index < -0.39 is 55.5 Å². The molecule has 6 rings (SSSR count). The fourth-order valence-corrected chi connectivity index (χ4v) is 5.15. The molecule has 242 valence electrons. The minimum absolute atomic E-state index is 0.0328. The van der Waals surface area contributed by atoms with Gasteiger partial charge in [0.25, 0.3) is 0 Å². The van der Waals surface area contributed by atoms with Crippen LogP contribution in [-0.4, -0.2) is 81.3 Å². The molecule has 3 aromatic carbocycles. The molecule has 0 saturated carbocycles. The summed E-state index contributed by atoms with van der Waals surface area (Å²) in [7, 11) is 1.27. The lowest BCUT2D eigenvalue weighted by atomic mass is 9.98. The lowest BCUT2D eigenvalue weighted by Crippen LogP contribution is -2.63. The number of halogens is 1. The van der Waals surface area contributed by atoms with Gasteiger partial charge >= 0.3 is 18.2 Å². The second-order valence-electron chi connectivity index (χ2n) is 9.96. The number of benzene rings is 3. The summed E-state index contributed by atoms with van der Waals surface area (Å²) in [4.78, 5) is 39.6. The number of esters is 1. The minimum Gasteiger partial charge on any atom is -0.454 e. The summed E-state index contributed by atoms with van der Waals surface area (Å²) in [5, 5.41) is 15.3. The van der Waals surface area contributed by atoms with E-state index in [0.29, 0.717) is 34.4 Å². The Morgan fingerprint density at radius 3 is 1.85 bits per heavy atom. The molecule has 46 heavy (non-hydrogen) atoms. The third-order valence-corrected chi connectivity index (χ3v) is 7.58. The summed E-state index contributed by atoms with van der Waals surface area (Å²) in [5.41, 5.74) is 0.768. The van der Waals surface area contributed by atoms with Crippen molar-refractivity contribution in [2.75, 3.05) is 37.9 Å². The maximum atomic E-state index is 13.3. The molecule has 0 unspecified atom stereocenters. The van der Waals surface area contributed by atoms with Crippen LogP contribution >= 0.6 is 15.9 Å². The minimum atomic E-state index is -1.54. The van der Waals surface area contributed by atoms with E-state index >= 15 is 0 Å². The summed E-state index contributed by atoms with van der Waals surface area (Å²) in [6.07, 6.45) is -9.08. The van der Waals surface area contributed by atoms with Crippen LogP contribution in [0, 0.1) is 0 Å². The predicted octanol–water partition coefficient (Wildman–Crippen LogP) is 4.03. The SMILES string of the molecule is CO[C@H]1O[C@H](CO)[C@@H](OC(=O)c2ccc(Br)cc2)[C@H](OC(=O)Nc2ccc3c(c2)OCO3)[C@H]1OC(=O)Nc1ccc2c(c1)OCO2. The quantitative estimate of drug-likeness (QED) is 0.227. The molecule has 5 atom stereocenters. The molecule has 0 spiro atoms. The average Bonchev–Trinajstić information content (AvgIpc) is 3.72. The van der Waals surface area contributed by atoms with Crippen molar-refractivity contribution in [3.63, 3.8) is 0 Å². The topological polar surface area (TPSA) is 179 Å². The standard InChI is InChI=1S/C30H27BrN2O13/c1-38-28-26(46-30(37)33-18-7-9-20-22(11-18)42-14-40-20)25(45-29(36)32-17-6-8-19-21(10-17)41-13-39-19)24(23(12-34)43-28)44-27(35)15-2-4-16(31)5-3-15/h2-11,23-26,28,34H,12-14H2,1H3,(H,32,36)(H,33,37)/t23-,24-,25+,26-,28+/m1/s1. The Morgan fingerprint density at radius 1 is 0.761 bits per heavy atom. The molecule has 3 aliphatic rings. The Bertz CT molecular complexity index is 1600. The highest BCUT2D eigenvalue weighted by Gasteiger charge is 2.53. The number of amides is 2. The van der Waals surface area contributed by atoms with Gasteiger partial charge in [-0.1, -0.05) is 15.9 Å². The molecule has 16 heteroatoms. The summed E-state index contributed by atoms with van der Waals surface area (Å²) in [6, 6.07) is 15.7. The number of anilines is 2. The molecule has 0 bridgehead atoms. The van der Waals surface area contributed by atoms with E-state index in [1.807, 2.05) is 0 Å². The van der Waals surface area contributed by atoms with Gasteiger partial charge in [-0.2, -0.15) is 0 Å². The number of aliphatic hydroxyl groups is 1. The van der Waals surface area contributed by atoms with Crippen LogP contribution in [0.15, 0.2) is 65.1 Å². The van der Waals surface area contributed by atoms with Crippen molar-refractivity contribution in [1.29, 1.82) is 0 Å². The van der Waals surface area contributed by atoms with Crippen LogP contribution in [0.1, 0.15) is 10.4 Å². The van der Waals surface area contributed by atoms with E-state index in [2.05, 4.69) is 26.6 Å². The number of carbonyl (C=O) groups is 3. The van der Waals surface area contributed by atoms with E-state index in [1.54, 1.807) is 36.4 Å². The maximum Gasteiger partial charge on any atom is 0.412 e. The smallest absolute Gasteiger partial charge is 0.412 e. The van der Waals surface area contributed by atoms with E-state index in [9.17, 15) is 19.5 Å². The molecule has 0 aliphatic carbocycles. The molecule has 2 amide bonds. The molecule has 15 nitrogen and oxygen atoms in total. The summed E-state index contributed by atoms with van der Waals surface area (Å²) in [6.45, 7) is -0.596. The number of aliphatic hydroxyl groups excluding tert-OH is 1. The van der Waals surface area contributed by atoms with Gasteiger partial charge in [0.15, 0.2) is 47.6 Å². The number of fused-ring (bicyclic) bond motifs is 2. The Balaban J connectivity index is 1.26. The highest BCUT2D eigenvalue weighted by molar-refractivity contribution is 9.10. The van der Waals surface area contributed by atoms with E-state index in [4.69, 9.17) is 42.6 Å². The maximum absolute atomic E-state index is 13.3. The van der Waals surface area contributed by atoms with E-state index in [0.717, 1.165) is 4.47 Å². The molecule has 3 aliphatic heterocycles. The number of carbonyl (C=O) groups excluding carboxylic acids is 3. The number of rotatable bonds is 8. The van der Waals surface area contributed by atoms with Crippen molar-refractivity contribution in [3.05, 3.63) is 70.7 Å². The number of methoxy groups -OCH3 is 1. The molecule has 0 radical (unpaired) electrons. The fraction of sp³-hybridized carbons (Fsp3) is 0.300. The van der Waals surface area contributed by atoms with E-state index in [1.165, 1.54) is 31.4 Å². The first-order valence-corrected chi connectivity index (χ1v) is 14.6. The first-order valence-electron chi connectivity index (χ1n) is 13.8. The van der Waals surface area contributed by atoms with Crippen LogP contribution in [0.25, 0.3) is 0 Å². The predicted molar refractivity (Wildman–Crippen MR) is 159 cm³/mol. The van der Waals surface area contributed by atoms with Gasteiger partial charge in [-0.05, 0) is 48.5 Å². The number of hydrogen-bond acceptors (Lipinski definition) is 13. The molecular formula is C30H27BrN2O13. The average molecular weight is 703 g/mol. The van der Waals surface area contributed by atoms with Gasteiger partial charge in [0.1, 0.15) is 6.10 Å². The third kappa shape index (κ3) is 6.89. The fourth-order valence-electron chi connectivity index (χ4n) is 4.88. The largest absolute Gasteiger partial charge is 0.454 e. The Kier molecular flexibility index (Phi) is 9.30. The van der Waals surface area contributed by atoms with Gasteiger partial charge in [-0.15, -0.1) is 0 Å². The molecule has 1 saturated heterocycles. The lowest BCUT2D eigenvalue weighted by Gasteiger charge is -2.43. The molecule has 3 heterocycles. The number of nitrogens with one attached hydrogen (secondary N) is 2. The van der Waals surface area contributed by atoms with Crippen molar-refractivity contribution in [3.8, 4) is 23.0 Å². The molecule has 0 aromatic heterocycles. The Morgan fingerprint density at radius 2 is 1.30 bits per heavy atom. The number of hydrogen-bond donors (Lipinski definition) is 3. The van der Waals surface area contributed by atoms with Crippen LogP contribution in [0.2, 0.25) is 0 Å². The third-order valence-electron chi connectivity index (χ3n) is 7.05. The van der Waals surface area contributed by atoms with Crippen LogP contribution in [0.3, 0.4) is 0 Å². The van der Waals surface area contributed by atoms with Crippen LogP contribution in [0.4, 0.5) is 21.0 Å².